The molecule has 2 rings (SSSR count). The van der Waals surface area contributed by atoms with Gasteiger partial charge in [-0.25, -0.2) is 9.18 Å². The van der Waals surface area contributed by atoms with E-state index >= 15 is 0 Å². The monoisotopic (exact) mass is 307 g/mol. The Labute approximate surface area is 129 Å². The maximum atomic E-state index is 12.7. The quantitative estimate of drug-likeness (QED) is 0.678. The number of halogens is 1. The Kier molecular flexibility index (Phi) is 5.75. The zero-order valence-electron chi connectivity index (χ0n) is 12.7. The van der Waals surface area contributed by atoms with Gasteiger partial charge in [0.2, 0.25) is 5.91 Å². The fourth-order valence-corrected chi connectivity index (χ4v) is 2.55. The summed E-state index contributed by atoms with van der Waals surface area (Å²) in [6.07, 6.45) is 4.08. The minimum Gasteiger partial charge on any atom is -0.334 e. The van der Waals surface area contributed by atoms with Crippen LogP contribution >= 0.6 is 0 Å². The van der Waals surface area contributed by atoms with Crippen LogP contribution in [0.2, 0.25) is 0 Å². The summed E-state index contributed by atoms with van der Waals surface area (Å²) in [6, 6.07) is 5.97. The Morgan fingerprint density at radius 1 is 1.18 bits per heavy atom. The molecule has 0 bridgehead atoms. The number of benzene rings is 1. The minimum atomic E-state index is -0.319. The van der Waals surface area contributed by atoms with E-state index in [2.05, 4.69) is 16.0 Å². The number of hydrogen-bond acceptors (Lipinski definition) is 2. The molecule has 1 aromatic rings. The van der Waals surface area contributed by atoms with Gasteiger partial charge in [0, 0.05) is 18.2 Å². The van der Waals surface area contributed by atoms with Crippen LogP contribution in [0.15, 0.2) is 24.3 Å². The van der Waals surface area contributed by atoms with Crippen LogP contribution in [0.5, 0.6) is 0 Å². The fraction of sp³-hybridized carbons (Fsp3) is 0.500. The van der Waals surface area contributed by atoms with Gasteiger partial charge in [-0.3, -0.25) is 4.79 Å². The van der Waals surface area contributed by atoms with Crippen molar-refractivity contribution >= 4 is 17.6 Å². The van der Waals surface area contributed by atoms with Gasteiger partial charge in [0.15, 0.2) is 0 Å². The van der Waals surface area contributed by atoms with Gasteiger partial charge in [0.05, 0.1) is 6.04 Å². The van der Waals surface area contributed by atoms with Crippen molar-refractivity contribution in [3.8, 4) is 0 Å². The van der Waals surface area contributed by atoms with E-state index in [1.807, 2.05) is 6.92 Å². The highest BCUT2D eigenvalue weighted by atomic mass is 19.1. The van der Waals surface area contributed by atoms with Crippen LogP contribution in [0.1, 0.15) is 39.0 Å². The van der Waals surface area contributed by atoms with Crippen LogP contribution in [0.4, 0.5) is 14.9 Å². The molecule has 1 saturated heterocycles. The maximum Gasteiger partial charge on any atom is 0.315 e. The van der Waals surface area contributed by atoms with Crippen LogP contribution in [-0.4, -0.2) is 24.0 Å². The number of urea groups is 1. The molecule has 3 amide bonds. The molecule has 3 N–H and O–H groups in total. The normalized spacial score (nSPS) is 20.4. The highest BCUT2D eigenvalue weighted by molar-refractivity contribution is 5.90. The van der Waals surface area contributed by atoms with Crippen molar-refractivity contribution < 1.29 is 14.0 Å². The topological polar surface area (TPSA) is 70.2 Å². The number of amides is 3. The summed E-state index contributed by atoms with van der Waals surface area (Å²) in [7, 11) is 0. The first kappa shape index (κ1) is 16.3. The predicted octanol–water partition coefficient (Wildman–Crippen LogP) is 2.78. The number of hydrogen-bond donors (Lipinski definition) is 3. The van der Waals surface area contributed by atoms with Gasteiger partial charge < -0.3 is 16.0 Å². The summed E-state index contributed by atoms with van der Waals surface area (Å²) in [4.78, 5) is 22.9. The second-order valence-corrected chi connectivity index (χ2v) is 5.67. The lowest BCUT2D eigenvalue weighted by atomic mass is 10.0. The molecule has 0 radical (unpaired) electrons. The van der Waals surface area contributed by atoms with Crippen molar-refractivity contribution in [1.82, 2.24) is 10.6 Å². The Morgan fingerprint density at radius 3 is 2.55 bits per heavy atom. The lowest BCUT2D eigenvalue weighted by Gasteiger charge is -2.13. The Hall–Kier alpha value is -2.11. The lowest BCUT2D eigenvalue weighted by molar-refractivity contribution is -0.116. The molecule has 2 atom stereocenters. The second kappa shape index (κ2) is 7.77. The van der Waals surface area contributed by atoms with Crippen LogP contribution in [-0.2, 0) is 4.79 Å². The van der Waals surface area contributed by atoms with Gasteiger partial charge in [-0.2, -0.15) is 0 Å². The van der Waals surface area contributed by atoms with Gasteiger partial charge in [-0.1, -0.05) is 12.8 Å². The van der Waals surface area contributed by atoms with Crippen molar-refractivity contribution in [2.24, 2.45) is 0 Å². The zero-order chi connectivity index (χ0) is 15.9. The summed E-state index contributed by atoms with van der Waals surface area (Å²) in [5, 5.41) is 8.44. The molecule has 22 heavy (non-hydrogen) atoms. The van der Waals surface area contributed by atoms with E-state index < -0.39 is 0 Å². The van der Waals surface area contributed by atoms with Crippen molar-refractivity contribution in [3.05, 3.63) is 30.1 Å². The molecular formula is C16H22FN3O2. The predicted molar refractivity (Wildman–Crippen MR) is 83.0 cm³/mol. The molecule has 120 valence electrons. The molecule has 1 aliphatic heterocycles. The van der Waals surface area contributed by atoms with E-state index in [-0.39, 0.29) is 29.8 Å². The number of anilines is 1. The highest BCUT2D eigenvalue weighted by Gasteiger charge is 2.26. The molecular weight excluding hydrogens is 285 g/mol. The number of rotatable bonds is 7. The Balaban J connectivity index is 1.57. The summed E-state index contributed by atoms with van der Waals surface area (Å²) in [5.41, 5.74) is 0.611. The molecule has 5 nitrogen and oxygen atoms in total. The van der Waals surface area contributed by atoms with Crippen LogP contribution in [0.3, 0.4) is 0 Å². The average Bonchev–Trinajstić information content (AvgIpc) is 2.79. The largest absolute Gasteiger partial charge is 0.334 e. The first-order valence-corrected chi connectivity index (χ1v) is 7.67. The van der Waals surface area contributed by atoms with Crippen molar-refractivity contribution in [2.45, 2.75) is 51.1 Å². The third-order valence-corrected chi connectivity index (χ3v) is 3.83. The van der Waals surface area contributed by atoms with Gasteiger partial charge in [0.25, 0.3) is 0 Å². The molecule has 0 aromatic heterocycles. The lowest BCUT2D eigenvalue weighted by Crippen LogP contribution is -2.30. The minimum absolute atomic E-state index is 0.0594. The molecule has 0 saturated carbocycles. The summed E-state index contributed by atoms with van der Waals surface area (Å²) in [5.74, 6) is -0.378. The SMILES string of the molecule is C[C@H]1NC(=O)N[C@@H]1CCCCCC(=O)Nc1ccc(F)cc1. The number of carbonyl (C=O) groups excluding carboxylic acids is 2. The van der Waals surface area contributed by atoms with Crippen molar-refractivity contribution in [2.75, 3.05) is 5.32 Å². The first-order chi connectivity index (χ1) is 10.5. The van der Waals surface area contributed by atoms with Gasteiger partial charge >= 0.3 is 6.03 Å². The van der Waals surface area contributed by atoms with E-state index in [1.54, 1.807) is 12.1 Å². The molecule has 6 heteroatoms. The van der Waals surface area contributed by atoms with E-state index in [0.717, 1.165) is 25.7 Å². The zero-order valence-corrected chi connectivity index (χ0v) is 12.7. The molecule has 1 heterocycles. The number of unbranched alkanes of at least 4 members (excludes halogenated alkanes) is 2. The summed E-state index contributed by atoms with van der Waals surface area (Å²) in [6.45, 7) is 1.98. The third kappa shape index (κ3) is 5.02. The standard InChI is InChI=1S/C16H22FN3O2/c1-11-14(20-16(22)18-11)5-3-2-4-6-15(21)19-13-9-7-12(17)8-10-13/h7-11,14H,2-6H2,1H3,(H,19,21)(H2,18,20,22)/t11-,14-/m1/s1. The molecule has 1 aliphatic rings. The average molecular weight is 307 g/mol. The molecule has 1 aromatic carbocycles. The van der Waals surface area contributed by atoms with Gasteiger partial charge in [-0.05, 0) is 44.0 Å². The summed E-state index contributed by atoms with van der Waals surface area (Å²) >= 11 is 0. The maximum absolute atomic E-state index is 12.7. The fourth-order valence-electron chi connectivity index (χ4n) is 2.55. The van der Waals surface area contributed by atoms with Gasteiger partial charge in [-0.15, -0.1) is 0 Å². The Bertz CT molecular complexity index is 519. The second-order valence-electron chi connectivity index (χ2n) is 5.67. The first-order valence-electron chi connectivity index (χ1n) is 7.67. The van der Waals surface area contributed by atoms with Crippen LogP contribution < -0.4 is 16.0 Å². The number of nitrogens with one attached hydrogen (secondary N) is 3. The van der Waals surface area contributed by atoms with E-state index in [4.69, 9.17) is 0 Å². The van der Waals surface area contributed by atoms with Gasteiger partial charge in [0.1, 0.15) is 5.82 Å². The highest BCUT2D eigenvalue weighted by Crippen LogP contribution is 2.13. The van der Waals surface area contributed by atoms with Crippen LogP contribution in [0.25, 0.3) is 0 Å². The van der Waals surface area contributed by atoms with Crippen molar-refractivity contribution in [1.29, 1.82) is 0 Å². The molecule has 0 spiro atoms. The molecule has 1 fully saturated rings. The smallest absolute Gasteiger partial charge is 0.315 e. The molecule has 0 aliphatic carbocycles. The van der Waals surface area contributed by atoms with E-state index in [1.165, 1.54) is 12.1 Å². The third-order valence-electron chi connectivity index (χ3n) is 3.83. The van der Waals surface area contributed by atoms with Crippen molar-refractivity contribution in [3.63, 3.8) is 0 Å². The van der Waals surface area contributed by atoms with E-state index in [0.29, 0.717) is 12.1 Å². The Morgan fingerprint density at radius 2 is 1.91 bits per heavy atom. The van der Waals surface area contributed by atoms with E-state index in [9.17, 15) is 14.0 Å². The molecule has 0 unspecified atom stereocenters. The van der Waals surface area contributed by atoms with Crippen LogP contribution in [0, 0.1) is 5.82 Å². The summed E-state index contributed by atoms with van der Waals surface area (Å²) < 4.78 is 12.7. The number of carbonyl (C=O) groups is 2.